The number of likely N-dealkylation sites (tertiary alicyclic amines) is 1. The minimum atomic E-state index is 0.281. The van der Waals surface area contributed by atoms with Crippen LogP contribution in [0.5, 0.6) is 0 Å². The molecule has 0 radical (unpaired) electrons. The average molecular weight is 263 g/mol. The molecule has 1 fully saturated rings. The Labute approximate surface area is 115 Å². The molecule has 0 aliphatic carbocycles. The molecule has 2 rings (SSSR count). The highest BCUT2D eigenvalue weighted by molar-refractivity contribution is 5.78. The van der Waals surface area contributed by atoms with Crippen LogP contribution in [0, 0.1) is 11.8 Å². The van der Waals surface area contributed by atoms with E-state index in [0.717, 1.165) is 18.8 Å². The van der Waals surface area contributed by atoms with Gasteiger partial charge in [-0.05, 0) is 32.1 Å². The first-order chi connectivity index (χ1) is 8.97. The fourth-order valence-corrected chi connectivity index (χ4v) is 2.94. The number of rotatable bonds is 5. The lowest BCUT2D eigenvalue weighted by atomic mass is 9.96. The van der Waals surface area contributed by atoms with Crippen molar-refractivity contribution in [1.29, 1.82) is 0 Å². The number of amides is 1. The molecule has 0 N–H and O–H groups in total. The van der Waals surface area contributed by atoms with E-state index >= 15 is 0 Å². The maximum atomic E-state index is 12.1. The van der Waals surface area contributed by atoms with Gasteiger partial charge in [0.2, 0.25) is 5.91 Å². The number of hydrogen-bond donors (Lipinski definition) is 0. The van der Waals surface area contributed by atoms with Gasteiger partial charge in [-0.3, -0.25) is 4.79 Å². The maximum Gasteiger partial charge on any atom is 0.223 e. The molecule has 1 saturated heterocycles. The summed E-state index contributed by atoms with van der Waals surface area (Å²) in [5.74, 6) is 2.46. The number of carbonyl (C=O) groups excluding carboxylic acids is 1. The molecule has 0 aromatic carbocycles. The van der Waals surface area contributed by atoms with Gasteiger partial charge < -0.3 is 9.47 Å². The molecule has 19 heavy (non-hydrogen) atoms. The molecule has 1 unspecified atom stereocenters. The van der Waals surface area contributed by atoms with Crippen molar-refractivity contribution in [2.24, 2.45) is 11.8 Å². The summed E-state index contributed by atoms with van der Waals surface area (Å²) < 4.78 is 2.14. The van der Waals surface area contributed by atoms with E-state index in [2.05, 4.69) is 37.2 Å². The van der Waals surface area contributed by atoms with E-state index < -0.39 is 0 Å². The lowest BCUT2D eigenvalue weighted by molar-refractivity contribution is -0.128. The maximum absolute atomic E-state index is 12.1. The van der Waals surface area contributed by atoms with E-state index in [1.807, 2.05) is 17.3 Å². The van der Waals surface area contributed by atoms with E-state index in [0.29, 0.717) is 30.8 Å². The highest BCUT2D eigenvalue weighted by Crippen LogP contribution is 2.25. The fourth-order valence-electron chi connectivity index (χ4n) is 2.94. The van der Waals surface area contributed by atoms with Crippen LogP contribution in [0.25, 0.3) is 0 Å². The molecule has 1 atom stereocenters. The molecule has 1 aromatic rings. The van der Waals surface area contributed by atoms with Crippen molar-refractivity contribution in [3.63, 3.8) is 0 Å². The highest BCUT2D eigenvalue weighted by Gasteiger charge is 2.30. The Morgan fingerprint density at radius 1 is 1.37 bits per heavy atom. The van der Waals surface area contributed by atoms with E-state index in [-0.39, 0.29) is 5.91 Å². The lowest BCUT2D eigenvalue weighted by Gasteiger charge is -2.19. The molecule has 1 aromatic heterocycles. The molecular formula is C15H25N3O. The van der Waals surface area contributed by atoms with Crippen molar-refractivity contribution in [3.05, 3.63) is 18.2 Å². The summed E-state index contributed by atoms with van der Waals surface area (Å²) in [6.45, 7) is 10.3. The third-order valence-electron chi connectivity index (χ3n) is 3.74. The van der Waals surface area contributed by atoms with Crippen molar-refractivity contribution >= 4 is 5.91 Å². The number of aromatic nitrogens is 2. The summed E-state index contributed by atoms with van der Waals surface area (Å²) in [5, 5.41) is 0. The summed E-state index contributed by atoms with van der Waals surface area (Å²) >= 11 is 0. The second-order valence-electron chi connectivity index (χ2n) is 6.32. The Morgan fingerprint density at radius 2 is 2.11 bits per heavy atom. The SMILES string of the molecule is CC(C)CC1CC(=O)N(Cc2nccn2C(C)C)C1. The van der Waals surface area contributed by atoms with E-state index in [1.54, 1.807) is 0 Å². The topological polar surface area (TPSA) is 38.1 Å². The van der Waals surface area contributed by atoms with Gasteiger partial charge >= 0.3 is 0 Å². The van der Waals surface area contributed by atoms with E-state index in [4.69, 9.17) is 0 Å². The second-order valence-corrected chi connectivity index (χ2v) is 6.32. The van der Waals surface area contributed by atoms with Gasteiger partial charge in [0.05, 0.1) is 6.54 Å². The Bertz CT molecular complexity index is 436. The van der Waals surface area contributed by atoms with Crippen molar-refractivity contribution in [2.45, 2.75) is 53.1 Å². The predicted molar refractivity (Wildman–Crippen MR) is 75.6 cm³/mol. The standard InChI is InChI=1S/C15H25N3O/c1-11(2)7-13-8-15(19)17(9-13)10-14-16-5-6-18(14)12(3)4/h5-6,11-13H,7-10H2,1-4H3. The van der Waals surface area contributed by atoms with Crippen LogP contribution in [0.15, 0.2) is 12.4 Å². The largest absolute Gasteiger partial charge is 0.335 e. The van der Waals surface area contributed by atoms with Gasteiger partial charge in [-0.2, -0.15) is 0 Å². The van der Waals surface area contributed by atoms with Crippen LogP contribution in [-0.2, 0) is 11.3 Å². The zero-order valence-electron chi connectivity index (χ0n) is 12.5. The van der Waals surface area contributed by atoms with Crippen LogP contribution in [0.1, 0.15) is 52.4 Å². The molecule has 1 amide bonds. The summed E-state index contributed by atoms with van der Waals surface area (Å²) in [4.78, 5) is 18.4. The van der Waals surface area contributed by atoms with Crippen LogP contribution < -0.4 is 0 Å². The number of nitrogens with zero attached hydrogens (tertiary/aromatic N) is 3. The molecule has 2 heterocycles. The molecule has 1 aliphatic rings. The molecule has 0 saturated carbocycles. The number of imidazole rings is 1. The molecule has 0 bridgehead atoms. The molecule has 1 aliphatic heterocycles. The van der Waals surface area contributed by atoms with Gasteiger partial charge in [0.15, 0.2) is 0 Å². The predicted octanol–water partition coefficient (Wildman–Crippen LogP) is 2.86. The number of hydrogen-bond acceptors (Lipinski definition) is 2. The van der Waals surface area contributed by atoms with E-state index in [1.165, 1.54) is 0 Å². The third kappa shape index (κ3) is 3.37. The van der Waals surface area contributed by atoms with Gasteiger partial charge in [-0.15, -0.1) is 0 Å². The summed E-state index contributed by atoms with van der Waals surface area (Å²) in [5.41, 5.74) is 0. The molecular weight excluding hydrogens is 238 g/mol. The van der Waals surface area contributed by atoms with Gasteiger partial charge in [-0.1, -0.05) is 13.8 Å². The van der Waals surface area contributed by atoms with Crippen molar-refractivity contribution in [2.75, 3.05) is 6.54 Å². The normalized spacial score (nSPS) is 20.0. The highest BCUT2D eigenvalue weighted by atomic mass is 16.2. The first kappa shape index (κ1) is 14.1. The zero-order valence-corrected chi connectivity index (χ0v) is 12.5. The second kappa shape index (κ2) is 5.76. The van der Waals surface area contributed by atoms with Crippen molar-refractivity contribution in [1.82, 2.24) is 14.5 Å². The zero-order chi connectivity index (χ0) is 14.0. The molecule has 0 spiro atoms. The first-order valence-corrected chi connectivity index (χ1v) is 7.26. The summed E-state index contributed by atoms with van der Waals surface area (Å²) in [7, 11) is 0. The van der Waals surface area contributed by atoms with Crippen LogP contribution in [0.2, 0.25) is 0 Å². The fraction of sp³-hybridized carbons (Fsp3) is 0.733. The number of carbonyl (C=O) groups is 1. The van der Waals surface area contributed by atoms with Crippen molar-refractivity contribution < 1.29 is 4.79 Å². The Morgan fingerprint density at radius 3 is 2.74 bits per heavy atom. The molecule has 4 heteroatoms. The van der Waals surface area contributed by atoms with Crippen LogP contribution >= 0.6 is 0 Å². The van der Waals surface area contributed by atoms with Gasteiger partial charge in [0.1, 0.15) is 5.82 Å². The monoisotopic (exact) mass is 263 g/mol. The molecule has 4 nitrogen and oxygen atoms in total. The van der Waals surface area contributed by atoms with Crippen LogP contribution in [-0.4, -0.2) is 26.9 Å². The van der Waals surface area contributed by atoms with Crippen LogP contribution in [0.4, 0.5) is 0 Å². The Hall–Kier alpha value is -1.32. The Kier molecular flexibility index (Phi) is 4.27. The Balaban J connectivity index is 1.99. The average Bonchev–Trinajstić information content (AvgIpc) is 2.86. The third-order valence-corrected chi connectivity index (χ3v) is 3.74. The lowest BCUT2D eigenvalue weighted by Crippen LogP contribution is -2.26. The summed E-state index contributed by atoms with van der Waals surface area (Å²) in [6, 6.07) is 0.390. The van der Waals surface area contributed by atoms with E-state index in [9.17, 15) is 4.79 Å². The molecule has 106 valence electrons. The minimum absolute atomic E-state index is 0.281. The first-order valence-electron chi connectivity index (χ1n) is 7.26. The minimum Gasteiger partial charge on any atom is -0.335 e. The van der Waals surface area contributed by atoms with Gasteiger partial charge in [0.25, 0.3) is 0 Å². The van der Waals surface area contributed by atoms with Crippen molar-refractivity contribution in [3.8, 4) is 0 Å². The van der Waals surface area contributed by atoms with Crippen LogP contribution in [0.3, 0.4) is 0 Å². The quantitative estimate of drug-likeness (QED) is 0.819. The summed E-state index contributed by atoms with van der Waals surface area (Å²) in [6.07, 6.45) is 5.66. The van der Waals surface area contributed by atoms with Gasteiger partial charge in [0, 0.05) is 31.4 Å². The van der Waals surface area contributed by atoms with Gasteiger partial charge in [-0.25, -0.2) is 4.98 Å². The smallest absolute Gasteiger partial charge is 0.223 e.